The number of nitrogens with zero attached hydrogens (tertiary/aromatic N) is 1. The number of rotatable bonds is 11. The fourth-order valence-electron chi connectivity index (χ4n) is 3.69. The van der Waals surface area contributed by atoms with Crippen LogP contribution in [-0.4, -0.2) is 49.0 Å². The molecule has 33 heavy (non-hydrogen) atoms. The molecule has 8 nitrogen and oxygen atoms in total. The molecule has 2 aromatic carbocycles. The number of benzene rings is 2. The molecule has 1 heterocycles. The molecule has 3 rings (SSSR count). The summed E-state index contributed by atoms with van der Waals surface area (Å²) in [6.07, 6.45) is 1.98. The highest BCUT2D eigenvalue weighted by Crippen LogP contribution is 2.29. The van der Waals surface area contributed by atoms with Crippen molar-refractivity contribution in [3.05, 3.63) is 59.7 Å². The van der Waals surface area contributed by atoms with Crippen LogP contribution >= 0.6 is 0 Å². The summed E-state index contributed by atoms with van der Waals surface area (Å²) in [5, 5.41) is 5.41. The van der Waals surface area contributed by atoms with Gasteiger partial charge in [-0.3, -0.25) is 14.5 Å². The third kappa shape index (κ3) is 5.83. The average molecular weight is 454 g/mol. The Morgan fingerprint density at radius 3 is 2.24 bits per heavy atom. The van der Waals surface area contributed by atoms with Crippen LogP contribution in [-0.2, 0) is 21.5 Å². The summed E-state index contributed by atoms with van der Waals surface area (Å²) in [4.78, 5) is 38.7. The van der Waals surface area contributed by atoms with E-state index in [4.69, 9.17) is 9.47 Å². The van der Waals surface area contributed by atoms with E-state index in [2.05, 4.69) is 17.6 Å². The first kappa shape index (κ1) is 24.1. The molecule has 176 valence electrons. The fraction of sp³-hybridized carbons (Fsp3) is 0.400. The summed E-state index contributed by atoms with van der Waals surface area (Å²) in [5.41, 5.74) is 0.663. The second-order valence-electron chi connectivity index (χ2n) is 8.00. The Morgan fingerprint density at radius 1 is 1.00 bits per heavy atom. The van der Waals surface area contributed by atoms with Crippen molar-refractivity contribution >= 4 is 17.8 Å². The van der Waals surface area contributed by atoms with Gasteiger partial charge in [0.2, 0.25) is 5.91 Å². The fourth-order valence-corrected chi connectivity index (χ4v) is 3.69. The minimum Gasteiger partial charge on any atom is -0.494 e. The predicted octanol–water partition coefficient (Wildman–Crippen LogP) is 3.00. The molecule has 0 radical (unpaired) electrons. The number of hydrogen-bond acceptors (Lipinski definition) is 5. The lowest BCUT2D eigenvalue weighted by atomic mass is 9.91. The van der Waals surface area contributed by atoms with Crippen molar-refractivity contribution in [2.45, 2.75) is 39.2 Å². The lowest BCUT2D eigenvalue weighted by Crippen LogP contribution is -2.43. The van der Waals surface area contributed by atoms with Crippen LogP contribution < -0.4 is 20.1 Å². The minimum absolute atomic E-state index is 0.242. The Kier molecular flexibility index (Phi) is 7.92. The molecule has 1 fully saturated rings. The van der Waals surface area contributed by atoms with Gasteiger partial charge in [-0.05, 0) is 55.7 Å². The summed E-state index contributed by atoms with van der Waals surface area (Å²) in [6.45, 7) is 6.41. The normalized spacial score (nSPS) is 17.6. The van der Waals surface area contributed by atoms with E-state index in [0.29, 0.717) is 17.9 Å². The maximum absolute atomic E-state index is 13.0. The van der Waals surface area contributed by atoms with E-state index in [1.807, 2.05) is 43.3 Å². The van der Waals surface area contributed by atoms with Crippen molar-refractivity contribution in [2.75, 3.05) is 26.3 Å². The zero-order valence-corrected chi connectivity index (χ0v) is 19.3. The van der Waals surface area contributed by atoms with Crippen molar-refractivity contribution in [3.8, 4) is 11.5 Å². The Balaban J connectivity index is 1.49. The van der Waals surface area contributed by atoms with Gasteiger partial charge in [-0.15, -0.1) is 0 Å². The molecule has 1 unspecified atom stereocenters. The molecular formula is C25H31N3O5. The van der Waals surface area contributed by atoms with Crippen molar-refractivity contribution in [3.63, 3.8) is 0 Å². The number of nitrogens with one attached hydrogen (secondary N) is 2. The van der Waals surface area contributed by atoms with Crippen molar-refractivity contribution in [1.82, 2.24) is 15.5 Å². The monoisotopic (exact) mass is 453 g/mol. The van der Waals surface area contributed by atoms with Crippen molar-refractivity contribution in [2.24, 2.45) is 0 Å². The molecule has 1 atom stereocenters. The summed E-state index contributed by atoms with van der Waals surface area (Å²) < 4.78 is 11.0. The highest BCUT2D eigenvalue weighted by atomic mass is 16.5. The molecule has 2 aromatic rings. The predicted molar refractivity (Wildman–Crippen MR) is 124 cm³/mol. The molecular weight excluding hydrogens is 422 g/mol. The largest absolute Gasteiger partial charge is 0.494 e. The smallest absolute Gasteiger partial charge is 0.325 e. The first-order valence-corrected chi connectivity index (χ1v) is 11.2. The number of ether oxygens (including phenoxy) is 2. The maximum Gasteiger partial charge on any atom is 0.325 e. The van der Waals surface area contributed by atoms with Crippen molar-refractivity contribution in [1.29, 1.82) is 0 Å². The van der Waals surface area contributed by atoms with Gasteiger partial charge in [0, 0.05) is 0 Å². The van der Waals surface area contributed by atoms with Gasteiger partial charge >= 0.3 is 6.03 Å². The summed E-state index contributed by atoms with van der Waals surface area (Å²) in [5.74, 6) is 0.533. The van der Waals surface area contributed by atoms with Crippen LogP contribution in [0.4, 0.5) is 4.79 Å². The van der Waals surface area contributed by atoms with E-state index in [-0.39, 0.29) is 19.7 Å². The Hall–Kier alpha value is -3.55. The number of aryl methyl sites for hydroxylation is 1. The van der Waals surface area contributed by atoms with Gasteiger partial charge in [0.15, 0.2) is 0 Å². The van der Waals surface area contributed by atoms with Gasteiger partial charge < -0.3 is 20.1 Å². The quantitative estimate of drug-likeness (QED) is 0.403. The second kappa shape index (κ2) is 10.8. The Morgan fingerprint density at radius 2 is 1.64 bits per heavy atom. The molecule has 0 spiro atoms. The Bertz CT molecular complexity index is 975. The SMILES string of the molecule is CCCc1ccc(C2(C)NC(=O)N(CC(=O)NCCOc3ccc(OCC)cc3)C2=O)cc1. The third-order valence-electron chi connectivity index (χ3n) is 5.47. The van der Waals surface area contributed by atoms with Crippen LogP contribution in [0.3, 0.4) is 0 Å². The molecule has 0 aliphatic carbocycles. The second-order valence-corrected chi connectivity index (χ2v) is 8.00. The van der Waals surface area contributed by atoms with Gasteiger partial charge in [-0.25, -0.2) is 4.79 Å². The third-order valence-corrected chi connectivity index (χ3v) is 5.47. The standard InChI is InChI=1S/C25H31N3O5/c1-4-6-18-7-9-19(10-8-18)25(3)23(30)28(24(31)27-25)17-22(29)26-15-16-33-21-13-11-20(12-14-21)32-5-2/h7-14H,4-6,15-17H2,1-3H3,(H,26,29)(H,27,31). The lowest BCUT2D eigenvalue weighted by Gasteiger charge is -2.22. The molecule has 0 saturated carbocycles. The lowest BCUT2D eigenvalue weighted by molar-refractivity contribution is -0.134. The first-order valence-electron chi connectivity index (χ1n) is 11.2. The van der Waals surface area contributed by atoms with Crippen LogP contribution in [0.2, 0.25) is 0 Å². The van der Waals surface area contributed by atoms with E-state index >= 15 is 0 Å². The highest BCUT2D eigenvalue weighted by molar-refractivity contribution is 6.09. The van der Waals surface area contributed by atoms with Gasteiger partial charge in [-0.1, -0.05) is 37.6 Å². The highest BCUT2D eigenvalue weighted by Gasteiger charge is 2.49. The van der Waals surface area contributed by atoms with Gasteiger partial charge in [-0.2, -0.15) is 0 Å². The molecule has 0 aromatic heterocycles. The van der Waals surface area contributed by atoms with E-state index in [0.717, 1.165) is 23.5 Å². The van der Waals surface area contributed by atoms with Crippen LogP contribution in [0.5, 0.6) is 11.5 Å². The van der Waals surface area contributed by atoms with Gasteiger partial charge in [0.25, 0.3) is 5.91 Å². The van der Waals surface area contributed by atoms with Crippen LogP contribution in [0.25, 0.3) is 0 Å². The van der Waals surface area contributed by atoms with E-state index in [1.165, 1.54) is 5.56 Å². The number of urea groups is 1. The maximum atomic E-state index is 13.0. The van der Waals surface area contributed by atoms with Crippen molar-refractivity contribution < 1.29 is 23.9 Å². The summed E-state index contributed by atoms with van der Waals surface area (Å²) >= 11 is 0. The zero-order chi connectivity index (χ0) is 23.8. The molecule has 2 N–H and O–H groups in total. The zero-order valence-electron chi connectivity index (χ0n) is 19.3. The number of carbonyl (C=O) groups is 3. The molecule has 8 heteroatoms. The van der Waals surface area contributed by atoms with E-state index in [1.54, 1.807) is 19.1 Å². The molecule has 0 bridgehead atoms. The first-order chi connectivity index (χ1) is 15.9. The van der Waals surface area contributed by atoms with Gasteiger partial charge in [0.05, 0.1) is 13.2 Å². The summed E-state index contributed by atoms with van der Waals surface area (Å²) in [7, 11) is 0. The molecule has 4 amide bonds. The topological polar surface area (TPSA) is 97.0 Å². The average Bonchev–Trinajstić information content (AvgIpc) is 3.02. The Labute approximate surface area is 194 Å². The van der Waals surface area contributed by atoms with Crippen LogP contribution in [0, 0.1) is 0 Å². The van der Waals surface area contributed by atoms with E-state index < -0.39 is 23.4 Å². The van der Waals surface area contributed by atoms with Gasteiger partial charge in [0.1, 0.15) is 30.2 Å². The summed E-state index contributed by atoms with van der Waals surface area (Å²) in [6, 6.07) is 14.2. The number of hydrogen-bond donors (Lipinski definition) is 2. The minimum atomic E-state index is -1.20. The molecule has 1 saturated heterocycles. The number of imide groups is 1. The molecule has 1 aliphatic rings. The van der Waals surface area contributed by atoms with Crippen LogP contribution in [0.1, 0.15) is 38.3 Å². The number of carbonyl (C=O) groups excluding carboxylic acids is 3. The van der Waals surface area contributed by atoms with E-state index in [9.17, 15) is 14.4 Å². The van der Waals surface area contributed by atoms with Crippen LogP contribution in [0.15, 0.2) is 48.5 Å². The molecule has 1 aliphatic heterocycles. The number of amides is 4.